The molecule has 1 heterocycles. The van der Waals surface area contributed by atoms with E-state index in [1.54, 1.807) is 18.9 Å². The molecule has 10 heteroatoms. The summed E-state index contributed by atoms with van der Waals surface area (Å²) in [7, 11) is -2.28. The Hall–Kier alpha value is -2.82. The number of carbonyl (C=O) groups excluding carboxylic acids is 2. The predicted octanol–water partition coefficient (Wildman–Crippen LogP) is 3.19. The van der Waals surface area contributed by atoms with Crippen molar-refractivity contribution in [2.24, 2.45) is 5.41 Å². The van der Waals surface area contributed by atoms with Gasteiger partial charge in [-0.15, -0.1) is 0 Å². The number of carbonyl (C=O) groups is 2. The maximum atomic E-state index is 13.8. The number of halogens is 1. The van der Waals surface area contributed by atoms with Crippen molar-refractivity contribution < 1.29 is 22.4 Å². The van der Waals surface area contributed by atoms with Crippen LogP contribution in [0.5, 0.6) is 0 Å². The number of amides is 2. The van der Waals surface area contributed by atoms with Crippen molar-refractivity contribution in [2.75, 3.05) is 26.7 Å². The minimum absolute atomic E-state index is 0.00807. The number of nitrogens with one attached hydrogen (secondary N) is 2. The minimum atomic E-state index is -3.96. The van der Waals surface area contributed by atoms with E-state index in [0.29, 0.717) is 19.4 Å². The number of sulfonamides is 1. The van der Waals surface area contributed by atoms with Gasteiger partial charge in [0.2, 0.25) is 21.8 Å². The van der Waals surface area contributed by atoms with Gasteiger partial charge in [-0.1, -0.05) is 51.1 Å². The molecule has 1 aliphatic rings. The first kappa shape index (κ1) is 30.7. The van der Waals surface area contributed by atoms with Crippen LogP contribution in [-0.4, -0.2) is 74.2 Å². The van der Waals surface area contributed by atoms with Crippen molar-refractivity contribution in [3.63, 3.8) is 0 Å². The lowest BCUT2D eigenvalue weighted by Crippen LogP contribution is -2.59. The van der Waals surface area contributed by atoms with Crippen molar-refractivity contribution in [2.45, 2.75) is 70.0 Å². The fourth-order valence-electron chi connectivity index (χ4n) is 4.73. The Morgan fingerprint density at radius 1 is 1.10 bits per heavy atom. The summed E-state index contributed by atoms with van der Waals surface area (Å²) in [4.78, 5) is 28.3. The standard InChI is InChI=1S/C29H41FN4O4S/c1-21(31-5)27(35)32-26(29(2,3)4)28(36)34-18-9-12-24(34)20-33(19-17-22-10-7-6-8-11-22)39(37,38)25-15-13-23(30)14-16-25/h6-8,10-11,13-16,21,24,26,31H,9,12,17-20H2,1-5H3,(H,32,35)/t21-,24-,26+/m0/s1. The number of nitrogens with zero attached hydrogens (tertiary/aromatic N) is 2. The van der Waals surface area contributed by atoms with Crippen LogP contribution < -0.4 is 10.6 Å². The Morgan fingerprint density at radius 2 is 1.74 bits per heavy atom. The van der Waals surface area contributed by atoms with E-state index in [0.717, 1.165) is 24.1 Å². The third-order valence-corrected chi connectivity index (χ3v) is 9.12. The number of likely N-dealkylation sites (tertiary alicyclic amines) is 1. The monoisotopic (exact) mass is 560 g/mol. The van der Waals surface area contributed by atoms with Crippen LogP contribution in [0.25, 0.3) is 0 Å². The molecule has 1 aliphatic heterocycles. The van der Waals surface area contributed by atoms with E-state index in [9.17, 15) is 22.4 Å². The lowest BCUT2D eigenvalue weighted by molar-refractivity contribution is -0.140. The van der Waals surface area contributed by atoms with E-state index in [1.165, 1.54) is 16.4 Å². The maximum Gasteiger partial charge on any atom is 0.245 e. The zero-order valence-electron chi connectivity index (χ0n) is 23.5. The number of likely N-dealkylation sites (N-methyl/N-ethyl adjacent to an activating group) is 1. The molecule has 1 saturated heterocycles. The third kappa shape index (κ3) is 7.86. The summed E-state index contributed by atoms with van der Waals surface area (Å²) in [5, 5.41) is 5.80. The molecule has 0 spiro atoms. The summed E-state index contributed by atoms with van der Waals surface area (Å²) in [5.74, 6) is -1.01. The minimum Gasteiger partial charge on any atom is -0.342 e. The Bertz CT molecular complexity index is 1220. The van der Waals surface area contributed by atoms with Crippen molar-refractivity contribution >= 4 is 21.8 Å². The van der Waals surface area contributed by atoms with E-state index in [1.807, 2.05) is 51.1 Å². The van der Waals surface area contributed by atoms with E-state index in [2.05, 4.69) is 10.6 Å². The summed E-state index contributed by atoms with van der Waals surface area (Å²) in [6.45, 7) is 8.22. The molecule has 2 N–H and O–H groups in total. The van der Waals surface area contributed by atoms with Gasteiger partial charge in [-0.2, -0.15) is 4.31 Å². The molecule has 2 amide bonds. The predicted molar refractivity (Wildman–Crippen MR) is 150 cm³/mol. The number of hydrogen-bond donors (Lipinski definition) is 2. The molecule has 39 heavy (non-hydrogen) atoms. The molecule has 214 valence electrons. The molecule has 0 radical (unpaired) electrons. The molecule has 0 aliphatic carbocycles. The normalized spacial score (nSPS) is 17.7. The fraction of sp³-hybridized carbons (Fsp3) is 0.517. The average Bonchev–Trinajstić information content (AvgIpc) is 3.37. The van der Waals surface area contributed by atoms with Gasteiger partial charge in [0.25, 0.3) is 0 Å². The second kappa shape index (κ2) is 13.0. The lowest BCUT2D eigenvalue weighted by atomic mass is 9.85. The second-order valence-corrected chi connectivity index (χ2v) is 13.1. The van der Waals surface area contributed by atoms with Gasteiger partial charge in [0, 0.05) is 25.7 Å². The highest BCUT2D eigenvalue weighted by Crippen LogP contribution is 2.28. The van der Waals surface area contributed by atoms with Crippen LogP contribution in [0, 0.1) is 11.2 Å². The van der Waals surface area contributed by atoms with Gasteiger partial charge in [0.05, 0.1) is 10.9 Å². The molecular formula is C29H41FN4O4S. The van der Waals surface area contributed by atoms with E-state index >= 15 is 0 Å². The topological polar surface area (TPSA) is 98.8 Å². The van der Waals surface area contributed by atoms with Gasteiger partial charge < -0.3 is 15.5 Å². The van der Waals surface area contributed by atoms with Crippen LogP contribution in [0.3, 0.4) is 0 Å². The van der Waals surface area contributed by atoms with Crippen LogP contribution in [0.1, 0.15) is 46.1 Å². The van der Waals surface area contributed by atoms with Crippen molar-refractivity contribution in [1.82, 2.24) is 19.8 Å². The van der Waals surface area contributed by atoms with Gasteiger partial charge in [-0.3, -0.25) is 9.59 Å². The molecule has 1 fully saturated rings. The summed E-state index contributed by atoms with van der Waals surface area (Å²) in [6.07, 6.45) is 1.87. The highest BCUT2D eigenvalue weighted by Gasteiger charge is 2.41. The summed E-state index contributed by atoms with van der Waals surface area (Å²) < 4.78 is 42.4. The Balaban J connectivity index is 1.87. The van der Waals surface area contributed by atoms with E-state index in [-0.39, 0.29) is 35.8 Å². The largest absolute Gasteiger partial charge is 0.342 e. The van der Waals surface area contributed by atoms with Gasteiger partial charge in [0.1, 0.15) is 11.9 Å². The molecule has 0 aromatic heterocycles. The zero-order valence-corrected chi connectivity index (χ0v) is 24.3. The van der Waals surface area contributed by atoms with Crippen LogP contribution in [0.2, 0.25) is 0 Å². The molecule has 0 saturated carbocycles. The molecule has 3 rings (SSSR count). The summed E-state index contributed by atoms with van der Waals surface area (Å²) in [5.41, 5.74) is 0.436. The van der Waals surface area contributed by atoms with Crippen molar-refractivity contribution in [3.8, 4) is 0 Å². The van der Waals surface area contributed by atoms with Crippen molar-refractivity contribution in [1.29, 1.82) is 0 Å². The first-order chi connectivity index (χ1) is 18.3. The van der Waals surface area contributed by atoms with E-state index in [4.69, 9.17) is 0 Å². The second-order valence-electron chi connectivity index (χ2n) is 11.2. The molecule has 3 atom stereocenters. The van der Waals surface area contributed by atoms with Gasteiger partial charge in [0.15, 0.2) is 0 Å². The first-order valence-electron chi connectivity index (χ1n) is 13.4. The van der Waals surface area contributed by atoms with Gasteiger partial charge in [-0.25, -0.2) is 12.8 Å². The van der Waals surface area contributed by atoms with Crippen LogP contribution in [0.4, 0.5) is 4.39 Å². The fourth-order valence-corrected chi connectivity index (χ4v) is 6.21. The first-order valence-corrected chi connectivity index (χ1v) is 14.9. The van der Waals surface area contributed by atoms with Crippen LogP contribution in [-0.2, 0) is 26.0 Å². The molecule has 0 bridgehead atoms. The average molecular weight is 561 g/mol. The SMILES string of the molecule is CN[C@@H](C)C(=O)N[C@H](C(=O)N1CCC[C@H]1CN(CCc1ccccc1)S(=O)(=O)c1ccc(F)cc1)C(C)(C)C. The molecule has 2 aromatic rings. The third-order valence-electron chi connectivity index (χ3n) is 7.24. The van der Waals surface area contributed by atoms with Crippen LogP contribution in [0.15, 0.2) is 59.5 Å². The Labute approximate surface area is 232 Å². The smallest absolute Gasteiger partial charge is 0.245 e. The summed E-state index contributed by atoms with van der Waals surface area (Å²) >= 11 is 0. The quantitative estimate of drug-likeness (QED) is 0.440. The molecular weight excluding hydrogens is 519 g/mol. The van der Waals surface area contributed by atoms with Crippen molar-refractivity contribution in [3.05, 3.63) is 66.0 Å². The number of rotatable bonds is 11. The number of benzene rings is 2. The lowest BCUT2D eigenvalue weighted by Gasteiger charge is -2.37. The van der Waals surface area contributed by atoms with Crippen LogP contribution >= 0.6 is 0 Å². The zero-order chi connectivity index (χ0) is 28.8. The summed E-state index contributed by atoms with van der Waals surface area (Å²) in [6, 6.07) is 12.8. The number of hydrogen-bond acceptors (Lipinski definition) is 5. The molecule has 8 nitrogen and oxygen atoms in total. The van der Waals surface area contributed by atoms with Gasteiger partial charge in [-0.05, 0) is 68.5 Å². The van der Waals surface area contributed by atoms with E-state index < -0.39 is 33.3 Å². The Morgan fingerprint density at radius 3 is 2.33 bits per heavy atom. The maximum absolute atomic E-state index is 13.8. The Kier molecular flexibility index (Phi) is 10.3. The highest BCUT2D eigenvalue weighted by atomic mass is 32.2. The highest BCUT2D eigenvalue weighted by molar-refractivity contribution is 7.89. The van der Waals surface area contributed by atoms with Gasteiger partial charge >= 0.3 is 0 Å². The molecule has 0 unspecified atom stereocenters. The molecule has 2 aromatic carbocycles.